The van der Waals surface area contributed by atoms with E-state index in [0.717, 1.165) is 50.4 Å². The number of hydrogen-bond acceptors (Lipinski definition) is 7. The predicted molar refractivity (Wildman–Crippen MR) is 109 cm³/mol. The molecule has 0 unspecified atom stereocenters. The summed E-state index contributed by atoms with van der Waals surface area (Å²) in [6.45, 7) is 0.635. The van der Waals surface area contributed by atoms with E-state index in [1.165, 1.54) is 6.42 Å². The summed E-state index contributed by atoms with van der Waals surface area (Å²) >= 11 is 0. The molecule has 5 aliphatic carbocycles. The lowest BCUT2D eigenvalue weighted by molar-refractivity contribution is -0.680. The van der Waals surface area contributed by atoms with Gasteiger partial charge in [0.05, 0.1) is 11.5 Å². The monoisotopic (exact) mass is 455 g/mol. The highest BCUT2D eigenvalue weighted by molar-refractivity contribution is 7.91. The molecule has 0 aromatic carbocycles. The van der Waals surface area contributed by atoms with E-state index in [4.69, 9.17) is 19.6 Å². The van der Waals surface area contributed by atoms with Gasteiger partial charge in [0.1, 0.15) is 0 Å². The van der Waals surface area contributed by atoms with Gasteiger partial charge in [-0.25, -0.2) is 8.42 Å². The Hall–Kier alpha value is -0.740. The zero-order valence-corrected chi connectivity index (χ0v) is 18.8. The zero-order chi connectivity index (χ0) is 21.3. The van der Waals surface area contributed by atoms with Crippen molar-refractivity contribution in [1.29, 1.82) is 0 Å². The van der Waals surface area contributed by atoms with Crippen LogP contribution in [0.2, 0.25) is 0 Å². The van der Waals surface area contributed by atoms with Gasteiger partial charge in [-0.2, -0.15) is 19.6 Å². The lowest BCUT2D eigenvalue weighted by Crippen LogP contribution is -2.64. The van der Waals surface area contributed by atoms with Crippen LogP contribution in [0.15, 0.2) is 0 Å². The maximum absolute atomic E-state index is 12.6. The van der Waals surface area contributed by atoms with E-state index in [1.54, 1.807) is 4.90 Å². The first kappa shape index (κ1) is 20.8. The van der Waals surface area contributed by atoms with E-state index < -0.39 is 21.4 Å². The summed E-state index contributed by atoms with van der Waals surface area (Å²) < 4.78 is 23.2. The number of nitrogens with zero attached hydrogens (tertiary/aromatic N) is 1. The van der Waals surface area contributed by atoms with E-state index in [0.29, 0.717) is 44.2 Å². The molecule has 31 heavy (non-hydrogen) atoms. The van der Waals surface area contributed by atoms with Crippen LogP contribution in [0.1, 0.15) is 64.2 Å². The van der Waals surface area contributed by atoms with Crippen molar-refractivity contribution in [2.75, 3.05) is 24.6 Å². The van der Waals surface area contributed by atoms with Crippen molar-refractivity contribution in [2.24, 2.45) is 29.6 Å². The Bertz CT molecular complexity index is 781. The fourth-order valence-corrected chi connectivity index (χ4v) is 8.45. The minimum Gasteiger partial charge on any atom is -0.341 e. The minimum atomic E-state index is -2.97. The Morgan fingerprint density at radius 1 is 0.839 bits per heavy atom. The third kappa shape index (κ3) is 3.64. The van der Waals surface area contributed by atoms with Crippen LogP contribution in [0.5, 0.6) is 0 Å². The fourth-order valence-electron chi connectivity index (χ4n) is 7.25. The largest absolute Gasteiger partial charge is 0.341 e. The second-order valence-electron chi connectivity index (χ2n) is 10.9. The molecule has 0 atom stereocenters. The summed E-state index contributed by atoms with van der Waals surface area (Å²) in [5.41, 5.74) is 0. The van der Waals surface area contributed by atoms with Gasteiger partial charge in [0.25, 0.3) is 0 Å². The van der Waals surface area contributed by atoms with Crippen LogP contribution in [0, 0.1) is 29.6 Å². The van der Waals surface area contributed by atoms with Gasteiger partial charge in [-0.05, 0) is 62.7 Å². The summed E-state index contributed by atoms with van der Waals surface area (Å²) in [5, 5.41) is 0. The fraction of sp³-hybridized carbons (Fsp3) is 0.955. The van der Waals surface area contributed by atoms with E-state index >= 15 is 0 Å². The van der Waals surface area contributed by atoms with Gasteiger partial charge in [0.15, 0.2) is 9.84 Å². The second-order valence-corrected chi connectivity index (χ2v) is 13.3. The van der Waals surface area contributed by atoms with Crippen molar-refractivity contribution in [3.05, 3.63) is 0 Å². The van der Waals surface area contributed by atoms with Crippen LogP contribution < -0.4 is 0 Å². The minimum absolute atomic E-state index is 0.0568. The molecule has 5 saturated carbocycles. The van der Waals surface area contributed by atoms with Crippen LogP contribution in [-0.2, 0) is 34.2 Å². The molecule has 2 spiro atoms. The molecule has 0 radical (unpaired) electrons. The average molecular weight is 456 g/mol. The van der Waals surface area contributed by atoms with Crippen LogP contribution >= 0.6 is 0 Å². The van der Waals surface area contributed by atoms with Gasteiger partial charge in [-0.3, -0.25) is 4.79 Å². The van der Waals surface area contributed by atoms with Gasteiger partial charge >= 0.3 is 0 Å². The Morgan fingerprint density at radius 3 is 1.94 bits per heavy atom. The third-order valence-corrected chi connectivity index (χ3v) is 10.6. The quantitative estimate of drug-likeness (QED) is 0.591. The molecule has 0 N–H and O–H groups in total. The molecule has 2 heterocycles. The number of rotatable bonds is 2. The Labute approximate surface area is 183 Å². The van der Waals surface area contributed by atoms with Gasteiger partial charge in [-0.15, -0.1) is 0 Å². The predicted octanol–water partition coefficient (Wildman–Crippen LogP) is 2.58. The van der Waals surface area contributed by atoms with Crippen LogP contribution in [0.3, 0.4) is 0 Å². The Morgan fingerprint density at radius 2 is 1.39 bits per heavy atom. The third-order valence-electron chi connectivity index (χ3n) is 8.95. The lowest BCUT2D eigenvalue weighted by Gasteiger charge is -2.60. The lowest BCUT2D eigenvalue weighted by atomic mass is 9.53. The van der Waals surface area contributed by atoms with E-state index in [-0.39, 0.29) is 23.3 Å². The maximum Gasteiger partial charge on any atom is 0.239 e. The summed E-state index contributed by atoms with van der Waals surface area (Å²) in [4.78, 5) is 38.4. The van der Waals surface area contributed by atoms with E-state index in [2.05, 4.69) is 0 Å². The number of sulfone groups is 1. The van der Waals surface area contributed by atoms with E-state index in [1.807, 2.05) is 0 Å². The number of hydrogen-bond donors (Lipinski definition) is 0. The summed E-state index contributed by atoms with van der Waals surface area (Å²) in [6.07, 6.45) is 9.28. The molecule has 7 rings (SSSR count). The maximum atomic E-state index is 12.6. The number of carbonyl (C=O) groups is 1. The topological polar surface area (TPSA) is 91.4 Å². The molecule has 7 aliphatic rings. The number of amides is 1. The molecule has 4 bridgehead atoms. The van der Waals surface area contributed by atoms with Gasteiger partial charge in [0, 0.05) is 44.2 Å². The SMILES string of the molecule is O=C(CC1CCC2(CC1)OOC1(OO2)C2CC3CC(C2)CC1C3)N1CCS(=O)(=O)CC1. The van der Waals surface area contributed by atoms with Crippen molar-refractivity contribution in [3.63, 3.8) is 0 Å². The highest BCUT2D eigenvalue weighted by Gasteiger charge is 2.64. The zero-order valence-electron chi connectivity index (χ0n) is 18.0. The van der Waals surface area contributed by atoms with Crippen molar-refractivity contribution >= 4 is 15.7 Å². The van der Waals surface area contributed by atoms with Gasteiger partial charge < -0.3 is 4.90 Å². The molecule has 8 nitrogen and oxygen atoms in total. The van der Waals surface area contributed by atoms with Crippen LogP contribution in [-0.4, -0.2) is 55.4 Å². The average Bonchev–Trinajstić information content (AvgIpc) is 2.74. The first-order chi connectivity index (χ1) is 14.8. The number of carbonyl (C=O) groups excluding carboxylic acids is 1. The summed E-state index contributed by atoms with van der Waals surface area (Å²) in [6, 6.07) is 0. The standard InChI is InChI=1S/C22H33NO7S/c24-20(23-5-7-31(25,26)8-6-23)14-15-1-3-21(4-2-15)27-29-22(30-28-21)18-10-16-9-17(12-18)13-19(22)11-16/h15-19H,1-14H2. The molecule has 2 aliphatic heterocycles. The molecule has 9 heteroatoms. The molecular formula is C22H33NO7S. The first-order valence-electron chi connectivity index (χ1n) is 12.1. The smallest absolute Gasteiger partial charge is 0.239 e. The highest BCUT2D eigenvalue weighted by Crippen LogP contribution is 2.61. The van der Waals surface area contributed by atoms with Crippen molar-refractivity contribution in [1.82, 2.24) is 4.90 Å². The van der Waals surface area contributed by atoms with Crippen molar-refractivity contribution in [2.45, 2.75) is 75.8 Å². The molecule has 7 fully saturated rings. The van der Waals surface area contributed by atoms with Crippen LogP contribution in [0.4, 0.5) is 0 Å². The molecule has 2 saturated heterocycles. The Kier molecular flexibility index (Phi) is 4.96. The Balaban J connectivity index is 1.02. The van der Waals surface area contributed by atoms with Gasteiger partial charge in [-0.1, -0.05) is 0 Å². The van der Waals surface area contributed by atoms with Crippen molar-refractivity contribution < 1.29 is 32.8 Å². The normalized spacial score (nSPS) is 48.4. The molecule has 174 valence electrons. The van der Waals surface area contributed by atoms with Gasteiger partial charge in [0.2, 0.25) is 17.5 Å². The molecular weight excluding hydrogens is 422 g/mol. The second kappa shape index (κ2) is 7.38. The highest BCUT2D eigenvalue weighted by atomic mass is 32.2. The van der Waals surface area contributed by atoms with Crippen LogP contribution in [0.25, 0.3) is 0 Å². The first-order valence-corrected chi connectivity index (χ1v) is 13.9. The molecule has 0 aromatic rings. The molecule has 1 amide bonds. The summed E-state index contributed by atoms with van der Waals surface area (Å²) in [7, 11) is -2.97. The van der Waals surface area contributed by atoms with Crippen molar-refractivity contribution in [3.8, 4) is 0 Å². The molecule has 0 aromatic heterocycles. The van der Waals surface area contributed by atoms with E-state index in [9.17, 15) is 13.2 Å². The summed E-state index contributed by atoms with van der Waals surface area (Å²) in [5.74, 6) is 1.23.